The number of halogens is 2. The van der Waals surface area contributed by atoms with E-state index in [9.17, 15) is 4.79 Å². The summed E-state index contributed by atoms with van der Waals surface area (Å²) < 4.78 is 11.0. The highest BCUT2D eigenvalue weighted by molar-refractivity contribution is 6.32. The Labute approximate surface area is 147 Å². The average Bonchev–Trinajstić information content (AvgIpc) is 3.32. The number of carbonyl (C=O) groups is 1. The Hall–Kier alpha value is -1.17. The number of amides is 1. The van der Waals surface area contributed by atoms with Gasteiger partial charge in [0.15, 0.2) is 11.5 Å². The summed E-state index contributed by atoms with van der Waals surface area (Å²) in [6, 6.07) is 3.57. The van der Waals surface area contributed by atoms with E-state index in [2.05, 4.69) is 5.32 Å². The normalized spacial score (nSPS) is 18.6. The molecule has 0 radical (unpaired) electrons. The number of rotatable bonds is 5. The Morgan fingerprint density at radius 1 is 1.39 bits per heavy atom. The fraction of sp³-hybridized carbons (Fsp3) is 0.562. The van der Waals surface area contributed by atoms with E-state index in [-0.39, 0.29) is 30.3 Å². The smallest absolute Gasteiger partial charge is 0.224 e. The summed E-state index contributed by atoms with van der Waals surface area (Å²) in [4.78, 5) is 12.3. The standard InChI is InChI=1S/C16H21ClN2O3.ClH/c1-16(9-18,11-2-3-11)19-14(20)8-10-6-12(17)15-13(7-10)21-4-5-22-15;/h6-7,11H,2-5,8-9,18H2,1H3,(H,19,20);1H. The van der Waals surface area contributed by atoms with Gasteiger partial charge in [-0.1, -0.05) is 11.6 Å². The van der Waals surface area contributed by atoms with Crippen molar-refractivity contribution in [2.45, 2.75) is 31.7 Å². The lowest BCUT2D eigenvalue weighted by atomic mass is 9.95. The van der Waals surface area contributed by atoms with Crippen LogP contribution in [-0.2, 0) is 11.2 Å². The van der Waals surface area contributed by atoms with E-state index in [4.69, 9.17) is 26.8 Å². The molecule has 1 aliphatic carbocycles. The molecule has 0 bridgehead atoms. The van der Waals surface area contributed by atoms with Crippen molar-refractivity contribution in [1.29, 1.82) is 0 Å². The summed E-state index contributed by atoms with van der Waals surface area (Å²) >= 11 is 6.19. The van der Waals surface area contributed by atoms with Crippen LogP contribution in [0.4, 0.5) is 0 Å². The van der Waals surface area contributed by atoms with Crippen molar-refractivity contribution in [2.75, 3.05) is 19.8 Å². The van der Waals surface area contributed by atoms with Crippen LogP contribution in [0.2, 0.25) is 5.02 Å². The molecule has 128 valence electrons. The molecule has 5 nitrogen and oxygen atoms in total. The largest absolute Gasteiger partial charge is 0.486 e. The molecule has 0 aromatic heterocycles. The van der Waals surface area contributed by atoms with Crippen LogP contribution >= 0.6 is 24.0 Å². The van der Waals surface area contributed by atoms with Gasteiger partial charge in [-0.25, -0.2) is 0 Å². The second-order valence-electron chi connectivity index (χ2n) is 6.22. The highest BCUT2D eigenvalue weighted by atomic mass is 35.5. The third kappa shape index (κ3) is 4.03. The third-order valence-electron chi connectivity index (χ3n) is 4.35. The van der Waals surface area contributed by atoms with E-state index >= 15 is 0 Å². The molecule has 1 heterocycles. The summed E-state index contributed by atoms with van der Waals surface area (Å²) in [6.45, 7) is 3.44. The molecule has 0 spiro atoms. The van der Waals surface area contributed by atoms with Crippen molar-refractivity contribution in [1.82, 2.24) is 5.32 Å². The van der Waals surface area contributed by atoms with Gasteiger partial charge < -0.3 is 20.5 Å². The third-order valence-corrected chi connectivity index (χ3v) is 4.63. The molecule has 1 unspecified atom stereocenters. The first-order valence-corrected chi connectivity index (χ1v) is 7.99. The van der Waals surface area contributed by atoms with Crippen LogP contribution in [0.3, 0.4) is 0 Å². The average molecular weight is 361 g/mol. The number of nitrogens with two attached hydrogens (primary N) is 1. The predicted octanol–water partition coefficient (Wildman–Crippen LogP) is 2.32. The van der Waals surface area contributed by atoms with E-state index in [1.807, 2.05) is 13.0 Å². The topological polar surface area (TPSA) is 73.6 Å². The number of hydrogen-bond donors (Lipinski definition) is 2. The number of ether oxygens (including phenoxy) is 2. The molecule has 1 fully saturated rings. The van der Waals surface area contributed by atoms with Gasteiger partial charge in [-0.05, 0) is 43.4 Å². The van der Waals surface area contributed by atoms with Crippen LogP contribution < -0.4 is 20.5 Å². The number of fused-ring (bicyclic) bond motifs is 1. The summed E-state index contributed by atoms with van der Waals surface area (Å²) in [6.07, 6.45) is 2.51. The Bertz CT molecular complexity index is 593. The minimum Gasteiger partial charge on any atom is -0.486 e. The first-order chi connectivity index (χ1) is 10.5. The summed E-state index contributed by atoms with van der Waals surface area (Å²) in [5.74, 6) is 1.60. The van der Waals surface area contributed by atoms with Crippen molar-refractivity contribution < 1.29 is 14.3 Å². The zero-order chi connectivity index (χ0) is 15.7. The summed E-state index contributed by atoms with van der Waals surface area (Å²) in [5.41, 5.74) is 6.33. The summed E-state index contributed by atoms with van der Waals surface area (Å²) in [7, 11) is 0. The van der Waals surface area contributed by atoms with E-state index < -0.39 is 0 Å². The highest BCUT2D eigenvalue weighted by Gasteiger charge is 2.41. The van der Waals surface area contributed by atoms with Crippen LogP contribution in [0, 0.1) is 5.92 Å². The number of nitrogens with one attached hydrogen (secondary N) is 1. The van der Waals surface area contributed by atoms with Gasteiger partial charge in [-0.3, -0.25) is 4.79 Å². The molecular weight excluding hydrogens is 339 g/mol. The molecule has 3 N–H and O–H groups in total. The van der Waals surface area contributed by atoms with Crippen molar-refractivity contribution in [3.63, 3.8) is 0 Å². The molecule has 23 heavy (non-hydrogen) atoms. The molecule has 1 aromatic rings. The fourth-order valence-corrected chi connectivity index (χ4v) is 3.14. The van der Waals surface area contributed by atoms with Gasteiger partial charge in [-0.15, -0.1) is 12.4 Å². The zero-order valence-electron chi connectivity index (χ0n) is 13.1. The number of carbonyl (C=O) groups excluding carboxylic acids is 1. The van der Waals surface area contributed by atoms with E-state index in [0.717, 1.165) is 18.4 Å². The van der Waals surface area contributed by atoms with Crippen LogP contribution in [0.1, 0.15) is 25.3 Å². The van der Waals surface area contributed by atoms with Gasteiger partial charge in [0.05, 0.1) is 17.0 Å². The number of benzene rings is 1. The molecule has 1 aromatic carbocycles. The van der Waals surface area contributed by atoms with Crippen LogP contribution in [0.25, 0.3) is 0 Å². The first-order valence-electron chi connectivity index (χ1n) is 7.61. The van der Waals surface area contributed by atoms with Gasteiger partial charge in [0.25, 0.3) is 0 Å². The molecule has 3 rings (SSSR count). The lowest BCUT2D eigenvalue weighted by Crippen LogP contribution is -2.53. The van der Waals surface area contributed by atoms with Gasteiger partial charge >= 0.3 is 0 Å². The molecule has 2 aliphatic rings. The molecule has 1 saturated carbocycles. The SMILES string of the molecule is CC(CN)(NC(=O)Cc1cc(Cl)c2c(c1)OCCO2)C1CC1.Cl. The fourth-order valence-electron chi connectivity index (χ4n) is 2.85. The molecule has 1 aliphatic heterocycles. The molecule has 1 atom stereocenters. The molecule has 1 amide bonds. The van der Waals surface area contributed by atoms with Gasteiger partial charge in [0.2, 0.25) is 5.91 Å². The minimum atomic E-state index is -0.311. The van der Waals surface area contributed by atoms with Crippen LogP contribution in [-0.4, -0.2) is 31.2 Å². The van der Waals surface area contributed by atoms with Crippen molar-refractivity contribution in [3.05, 3.63) is 22.7 Å². The minimum absolute atomic E-state index is 0. The maximum absolute atomic E-state index is 12.3. The number of hydrogen-bond acceptors (Lipinski definition) is 4. The summed E-state index contributed by atoms with van der Waals surface area (Å²) in [5, 5.41) is 3.55. The highest BCUT2D eigenvalue weighted by Crippen LogP contribution is 2.40. The van der Waals surface area contributed by atoms with Gasteiger partial charge in [0.1, 0.15) is 13.2 Å². The first kappa shape index (κ1) is 18.2. The molecule has 7 heteroatoms. The van der Waals surface area contributed by atoms with Gasteiger partial charge in [0, 0.05) is 6.54 Å². The van der Waals surface area contributed by atoms with Crippen LogP contribution in [0.5, 0.6) is 11.5 Å². The maximum Gasteiger partial charge on any atom is 0.224 e. The molecule has 0 saturated heterocycles. The van der Waals surface area contributed by atoms with E-state index in [0.29, 0.717) is 42.2 Å². The van der Waals surface area contributed by atoms with Crippen molar-refractivity contribution >= 4 is 29.9 Å². The Morgan fingerprint density at radius 2 is 2.09 bits per heavy atom. The Kier molecular flexibility index (Phi) is 5.65. The second kappa shape index (κ2) is 7.16. The quantitative estimate of drug-likeness (QED) is 0.844. The zero-order valence-corrected chi connectivity index (χ0v) is 14.6. The van der Waals surface area contributed by atoms with Gasteiger partial charge in [-0.2, -0.15) is 0 Å². The van der Waals surface area contributed by atoms with E-state index in [1.165, 1.54) is 0 Å². The maximum atomic E-state index is 12.3. The van der Waals surface area contributed by atoms with Crippen molar-refractivity contribution in [2.24, 2.45) is 11.7 Å². The molecular formula is C16H22Cl2N2O3. The Morgan fingerprint density at radius 3 is 2.74 bits per heavy atom. The van der Waals surface area contributed by atoms with E-state index in [1.54, 1.807) is 6.07 Å². The lowest BCUT2D eigenvalue weighted by molar-refractivity contribution is -0.122. The van der Waals surface area contributed by atoms with Crippen molar-refractivity contribution in [3.8, 4) is 11.5 Å². The second-order valence-corrected chi connectivity index (χ2v) is 6.63. The lowest BCUT2D eigenvalue weighted by Gasteiger charge is -2.29. The Balaban J connectivity index is 0.00000192. The monoisotopic (exact) mass is 360 g/mol. The predicted molar refractivity (Wildman–Crippen MR) is 91.7 cm³/mol. The van der Waals surface area contributed by atoms with Crippen LogP contribution in [0.15, 0.2) is 12.1 Å².